The molecule has 7 heteroatoms. The van der Waals surface area contributed by atoms with E-state index in [2.05, 4.69) is 9.46 Å². The van der Waals surface area contributed by atoms with Crippen molar-refractivity contribution in [3.63, 3.8) is 0 Å². The second-order valence-electron chi connectivity index (χ2n) is 6.82. The molecule has 0 amide bonds. The molecule has 0 spiro atoms. The van der Waals surface area contributed by atoms with Crippen LogP contribution in [0.1, 0.15) is 56.9 Å². The average molecular weight is 400 g/mol. The standard InChI is InChI=1S/C20H33NO5S/c1-17-12-14-19(15-13-17)27(23,24)21-18(16-25-2)10-8-6-4-5-7-9-11-20(22)26-3/h12-15,18,21H,4-11,16H2,1-3H3. The molecule has 0 radical (unpaired) electrons. The quantitative estimate of drug-likeness (QED) is 0.382. The molecule has 154 valence electrons. The minimum atomic E-state index is -3.54. The highest BCUT2D eigenvalue weighted by Gasteiger charge is 2.19. The fourth-order valence-corrected chi connectivity index (χ4v) is 4.11. The monoisotopic (exact) mass is 399 g/mol. The predicted molar refractivity (Wildman–Crippen MR) is 106 cm³/mol. The third-order valence-corrected chi connectivity index (χ3v) is 5.97. The Morgan fingerprint density at radius 2 is 1.59 bits per heavy atom. The van der Waals surface area contributed by atoms with E-state index < -0.39 is 10.0 Å². The number of unbranched alkanes of at least 4 members (excludes halogenated alkanes) is 5. The van der Waals surface area contributed by atoms with Crippen molar-refractivity contribution in [1.82, 2.24) is 4.72 Å². The molecule has 1 aromatic carbocycles. The lowest BCUT2D eigenvalue weighted by Gasteiger charge is -2.18. The maximum Gasteiger partial charge on any atom is 0.305 e. The Balaban J connectivity index is 2.33. The Hall–Kier alpha value is -1.44. The summed E-state index contributed by atoms with van der Waals surface area (Å²) in [5.41, 5.74) is 1.02. The first kappa shape index (κ1) is 23.6. The second-order valence-corrected chi connectivity index (χ2v) is 8.54. The molecule has 0 saturated carbocycles. The number of hydrogen-bond acceptors (Lipinski definition) is 5. The summed E-state index contributed by atoms with van der Waals surface area (Å²) in [6, 6.07) is 6.59. The number of esters is 1. The maximum absolute atomic E-state index is 12.5. The number of rotatable bonds is 14. The first-order valence-electron chi connectivity index (χ1n) is 9.54. The van der Waals surface area contributed by atoms with Crippen molar-refractivity contribution in [3.05, 3.63) is 29.8 Å². The lowest BCUT2D eigenvalue weighted by atomic mass is 10.1. The van der Waals surface area contributed by atoms with E-state index in [1.807, 2.05) is 6.92 Å². The molecule has 0 aliphatic rings. The fourth-order valence-electron chi connectivity index (χ4n) is 2.85. The van der Waals surface area contributed by atoms with Gasteiger partial charge in [-0.2, -0.15) is 0 Å². The van der Waals surface area contributed by atoms with E-state index in [1.165, 1.54) is 7.11 Å². The largest absolute Gasteiger partial charge is 0.469 e. The smallest absolute Gasteiger partial charge is 0.305 e. The van der Waals surface area contributed by atoms with Crippen molar-refractivity contribution < 1.29 is 22.7 Å². The van der Waals surface area contributed by atoms with Gasteiger partial charge in [-0.1, -0.05) is 49.8 Å². The molecule has 1 N–H and O–H groups in total. The van der Waals surface area contributed by atoms with Crippen LogP contribution in [0.5, 0.6) is 0 Å². The molecular formula is C20H33NO5S. The van der Waals surface area contributed by atoms with E-state index in [9.17, 15) is 13.2 Å². The van der Waals surface area contributed by atoms with Crippen LogP contribution in [0.2, 0.25) is 0 Å². The topological polar surface area (TPSA) is 81.7 Å². The molecule has 0 aliphatic carbocycles. The first-order valence-corrected chi connectivity index (χ1v) is 11.0. The van der Waals surface area contributed by atoms with Gasteiger partial charge in [0.25, 0.3) is 0 Å². The van der Waals surface area contributed by atoms with Crippen molar-refractivity contribution in [2.45, 2.75) is 69.2 Å². The Labute approximate surface area is 163 Å². The van der Waals surface area contributed by atoms with Gasteiger partial charge in [0.1, 0.15) is 0 Å². The Morgan fingerprint density at radius 3 is 2.19 bits per heavy atom. The number of ether oxygens (including phenoxy) is 2. The number of carbonyl (C=O) groups excluding carboxylic acids is 1. The number of aryl methyl sites for hydroxylation is 1. The number of carbonyl (C=O) groups is 1. The highest BCUT2D eigenvalue weighted by atomic mass is 32.2. The van der Waals surface area contributed by atoms with Crippen LogP contribution in [0, 0.1) is 6.92 Å². The van der Waals surface area contributed by atoms with Crippen molar-refractivity contribution >= 4 is 16.0 Å². The summed E-state index contributed by atoms with van der Waals surface area (Å²) >= 11 is 0. The van der Waals surface area contributed by atoms with Gasteiger partial charge in [-0.15, -0.1) is 0 Å². The molecule has 6 nitrogen and oxygen atoms in total. The average Bonchev–Trinajstić information content (AvgIpc) is 2.63. The number of hydrogen-bond donors (Lipinski definition) is 1. The SMILES string of the molecule is COCC(CCCCCCCCC(=O)OC)NS(=O)(=O)c1ccc(C)cc1. The summed E-state index contributed by atoms with van der Waals surface area (Å²) in [5.74, 6) is -0.154. The molecule has 1 atom stereocenters. The molecule has 0 fully saturated rings. The predicted octanol–water partition coefficient (Wildman–Crippen LogP) is 3.58. The molecule has 0 saturated heterocycles. The molecule has 0 heterocycles. The third kappa shape index (κ3) is 9.89. The Bertz CT molecular complexity index is 643. The molecule has 1 rings (SSSR count). The fraction of sp³-hybridized carbons (Fsp3) is 0.650. The first-order chi connectivity index (χ1) is 12.9. The highest BCUT2D eigenvalue weighted by molar-refractivity contribution is 7.89. The summed E-state index contributed by atoms with van der Waals surface area (Å²) < 4.78 is 37.6. The van der Waals surface area contributed by atoms with Crippen LogP contribution >= 0.6 is 0 Å². The van der Waals surface area contributed by atoms with Crippen molar-refractivity contribution in [1.29, 1.82) is 0 Å². The van der Waals surface area contributed by atoms with Crippen LogP contribution in [0.25, 0.3) is 0 Å². The molecule has 1 unspecified atom stereocenters. The molecular weight excluding hydrogens is 366 g/mol. The third-order valence-electron chi connectivity index (χ3n) is 4.43. The van der Waals surface area contributed by atoms with Crippen molar-refractivity contribution in [2.24, 2.45) is 0 Å². The van der Waals surface area contributed by atoms with Crippen molar-refractivity contribution in [3.8, 4) is 0 Å². The van der Waals surface area contributed by atoms with Gasteiger partial charge >= 0.3 is 5.97 Å². The zero-order chi connectivity index (χ0) is 20.1. The van der Waals surface area contributed by atoms with E-state index >= 15 is 0 Å². The minimum absolute atomic E-state index is 0.154. The van der Waals surface area contributed by atoms with Gasteiger partial charge in [-0.25, -0.2) is 13.1 Å². The van der Waals surface area contributed by atoms with Gasteiger partial charge in [0.2, 0.25) is 10.0 Å². The highest BCUT2D eigenvalue weighted by Crippen LogP contribution is 2.14. The molecule has 0 bridgehead atoms. The maximum atomic E-state index is 12.5. The zero-order valence-corrected chi connectivity index (χ0v) is 17.5. The second kappa shape index (κ2) is 12.9. The summed E-state index contributed by atoms with van der Waals surface area (Å²) in [5, 5.41) is 0. The normalized spacial score (nSPS) is 12.7. The number of sulfonamides is 1. The van der Waals surface area contributed by atoms with Gasteiger partial charge in [0, 0.05) is 19.6 Å². The van der Waals surface area contributed by atoms with Gasteiger partial charge in [0.05, 0.1) is 18.6 Å². The summed E-state index contributed by atoms with van der Waals surface area (Å²) in [6.07, 6.45) is 7.19. The number of nitrogens with one attached hydrogen (secondary N) is 1. The molecule has 0 aromatic heterocycles. The Morgan fingerprint density at radius 1 is 1.00 bits per heavy atom. The zero-order valence-electron chi connectivity index (χ0n) is 16.7. The van der Waals surface area contributed by atoms with Gasteiger partial charge < -0.3 is 9.47 Å². The van der Waals surface area contributed by atoms with Gasteiger partial charge in [-0.3, -0.25) is 4.79 Å². The molecule has 27 heavy (non-hydrogen) atoms. The Kier molecular flexibility index (Phi) is 11.2. The van der Waals surface area contributed by atoms with E-state index in [0.717, 1.165) is 50.5 Å². The van der Waals surface area contributed by atoms with Crippen LogP contribution < -0.4 is 4.72 Å². The van der Waals surface area contributed by atoms with Crippen LogP contribution in [0.4, 0.5) is 0 Å². The molecule has 1 aromatic rings. The summed E-state index contributed by atoms with van der Waals surface area (Å²) in [6.45, 7) is 2.28. The van der Waals surface area contributed by atoms with Crippen LogP contribution in [-0.2, 0) is 24.3 Å². The van der Waals surface area contributed by atoms with E-state index in [0.29, 0.717) is 13.0 Å². The lowest BCUT2D eigenvalue weighted by Crippen LogP contribution is -2.38. The van der Waals surface area contributed by atoms with Crippen LogP contribution in [0.3, 0.4) is 0 Å². The van der Waals surface area contributed by atoms with E-state index in [1.54, 1.807) is 31.4 Å². The van der Waals surface area contributed by atoms with Gasteiger partial charge in [0.15, 0.2) is 0 Å². The summed E-state index contributed by atoms with van der Waals surface area (Å²) in [4.78, 5) is 11.3. The van der Waals surface area contributed by atoms with Gasteiger partial charge in [-0.05, 0) is 31.9 Å². The van der Waals surface area contributed by atoms with Crippen LogP contribution in [0.15, 0.2) is 29.2 Å². The minimum Gasteiger partial charge on any atom is -0.469 e. The van der Waals surface area contributed by atoms with Crippen LogP contribution in [-0.4, -0.2) is 41.3 Å². The lowest BCUT2D eigenvalue weighted by molar-refractivity contribution is -0.140. The van der Waals surface area contributed by atoms with Crippen molar-refractivity contribution in [2.75, 3.05) is 20.8 Å². The van der Waals surface area contributed by atoms with E-state index in [4.69, 9.17) is 4.74 Å². The number of methoxy groups -OCH3 is 2. The summed E-state index contributed by atoms with van der Waals surface area (Å²) in [7, 11) is -0.551. The van der Waals surface area contributed by atoms with E-state index in [-0.39, 0.29) is 16.9 Å². The molecule has 0 aliphatic heterocycles. The number of benzene rings is 1.